The van der Waals surface area contributed by atoms with E-state index < -0.39 is 0 Å². The first-order valence-corrected chi connectivity index (χ1v) is 7.42. The molecule has 1 fully saturated rings. The molecule has 0 bridgehead atoms. The van der Waals surface area contributed by atoms with Crippen molar-refractivity contribution in [1.82, 2.24) is 10.2 Å². The first-order valence-electron chi connectivity index (χ1n) is 7.42. The number of nitrogens with zero attached hydrogens (tertiary/aromatic N) is 1. The summed E-state index contributed by atoms with van der Waals surface area (Å²) in [5.74, 6) is 1.75. The Labute approximate surface area is 115 Å². The Morgan fingerprint density at radius 1 is 1.32 bits per heavy atom. The van der Waals surface area contributed by atoms with Crippen LogP contribution in [0.3, 0.4) is 0 Å². The molecule has 1 aromatic carbocycles. The molecule has 1 aromatic rings. The highest BCUT2D eigenvalue weighted by Gasteiger charge is 2.28. The first-order chi connectivity index (χ1) is 9.22. The Morgan fingerprint density at radius 3 is 2.95 bits per heavy atom. The lowest BCUT2D eigenvalue weighted by molar-refractivity contribution is 0.0375. The summed E-state index contributed by atoms with van der Waals surface area (Å²) in [5, 5.41) is 3.40. The van der Waals surface area contributed by atoms with Gasteiger partial charge in [0.25, 0.3) is 0 Å². The van der Waals surface area contributed by atoms with E-state index in [2.05, 4.69) is 42.3 Å². The molecule has 0 amide bonds. The van der Waals surface area contributed by atoms with Crippen molar-refractivity contribution in [3.05, 3.63) is 29.3 Å². The van der Waals surface area contributed by atoms with Crippen LogP contribution in [-0.4, -0.2) is 37.2 Å². The molecule has 0 saturated carbocycles. The van der Waals surface area contributed by atoms with E-state index in [-0.39, 0.29) is 0 Å². The fourth-order valence-corrected chi connectivity index (χ4v) is 2.89. The lowest BCUT2D eigenvalue weighted by Crippen LogP contribution is -2.52. The van der Waals surface area contributed by atoms with Crippen molar-refractivity contribution in [1.29, 1.82) is 0 Å². The second-order valence-corrected chi connectivity index (χ2v) is 6.08. The van der Waals surface area contributed by atoms with E-state index >= 15 is 0 Å². The van der Waals surface area contributed by atoms with Gasteiger partial charge < -0.3 is 15.0 Å². The molecule has 3 rings (SSSR count). The minimum atomic E-state index is 0.674. The molecule has 2 aliphatic rings. The van der Waals surface area contributed by atoms with E-state index in [1.807, 2.05) is 0 Å². The fraction of sp³-hybridized carbons (Fsp3) is 0.625. The monoisotopic (exact) mass is 260 g/mol. The van der Waals surface area contributed by atoms with Crippen molar-refractivity contribution in [3.8, 4) is 5.75 Å². The summed E-state index contributed by atoms with van der Waals surface area (Å²) in [7, 11) is 0. The minimum Gasteiger partial charge on any atom is -0.493 e. The zero-order valence-electron chi connectivity index (χ0n) is 12.0. The van der Waals surface area contributed by atoms with Gasteiger partial charge in [0.2, 0.25) is 0 Å². The summed E-state index contributed by atoms with van der Waals surface area (Å²) >= 11 is 0. The molecule has 0 aromatic heterocycles. The number of fused-ring (bicyclic) bond motifs is 1. The van der Waals surface area contributed by atoms with Crippen molar-refractivity contribution >= 4 is 0 Å². The van der Waals surface area contributed by atoms with Crippen LogP contribution in [-0.2, 0) is 13.0 Å². The number of hydrogen-bond donors (Lipinski definition) is 1. The summed E-state index contributed by atoms with van der Waals surface area (Å²) in [6.07, 6.45) is 1.12. The molecule has 3 nitrogen and oxygen atoms in total. The number of rotatable bonds is 4. The average Bonchev–Trinajstić information content (AvgIpc) is 2.36. The van der Waals surface area contributed by atoms with Gasteiger partial charge in [-0.2, -0.15) is 0 Å². The minimum absolute atomic E-state index is 0.674. The lowest BCUT2D eigenvalue weighted by atomic mass is 9.99. The zero-order chi connectivity index (χ0) is 13.2. The van der Waals surface area contributed by atoms with Gasteiger partial charge in [-0.25, -0.2) is 0 Å². The Hall–Kier alpha value is -1.06. The Kier molecular flexibility index (Phi) is 3.76. The second kappa shape index (κ2) is 5.51. The lowest BCUT2D eigenvalue weighted by Gasteiger charge is -2.41. The number of ether oxygens (including phenoxy) is 1. The van der Waals surface area contributed by atoms with Crippen LogP contribution in [0, 0.1) is 5.92 Å². The molecule has 2 heterocycles. The van der Waals surface area contributed by atoms with Crippen LogP contribution in [0.4, 0.5) is 0 Å². The highest BCUT2D eigenvalue weighted by Crippen LogP contribution is 2.23. The Morgan fingerprint density at radius 2 is 2.16 bits per heavy atom. The van der Waals surface area contributed by atoms with Crippen LogP contribution < -0.4 is 10.1 Å². The summed E-state index contributed by atoms with van der Waals surface area (Å²) in [6, 6.07) is 7.23. The van der Waals surface area contributed by atoms with E-state index in [1.165, 1.54) is 24.2 Å². The molecule has 0 radical (unpaired) electrons. The zero-order valence-corrected chi connectivity index (χ0v) is 12.0. The van der Waals surface area contributed by atoms with Crippen molar-refractivity contribution < 1.29 is 4.74 Å². The molecule has 19 heavy (non-hydrogen) atoms. The van der Waals surface area contributed by atoms with Gasteiger partial charge in [-0.15, -0.1) is 0 Å². The molecule has 0 spiro atoms. The van der Waals surface area contributed by atoms with Gasteiger partial charge in [-0.3, -0.25) is 0 Å². The SMILES string of the molecule is CC(C)N1CC(COc2ccc3c(c2)CCNC3)C1. The van der Waals surface area contributed by atoms with E-state index in [0.29, 0.717) is 12.0 Å². The molecule has 0 aliphatic carbocycles. The molecule has 1 saturated heterocycles. The summed E-state index contributed by atoms with van der Waals surface area (Å²) in [4.78, 5) is 2.49. The fourth-order valence-electron chi connectivity index (χ4n) is 2.89. The van der Waals surface area contributed by atoms with Crippen LogP contribution in [0.25, 0.3) is 0 Å². The van der Waals surface area contributed by atoms with Crippen molar-refractivity contribution in [2.45, 2.75) is 32.9 Å². The molecule has 3 heteroatoms. The van der Waals surface area contributed by atoms with Gasteiger partial charge in [0, 0.05) is 31.6 Å². The molecule has 0 atom stereocenters. The van der Waals surface area contributed by atoms with Crippen LogP contribution in [0.5, 0.6) is 5.75 Å². The summed E-state index contributed by atoms with van der Waals surface area (Å²) in [5.41, 5.74) is 2.88. The highest BCUT2D eigenvalue weighted by molar-refractivity contribution is 5.37. The van der Waals surface area contributed by atoms with Crippen LogP contribution >= 0.6 is 0 Å². The van der Waals surface area contributed by atoms with Gasteiger partial charge in [0.05, 0.1) is 6.61 Å². The van der Waals surface area contributed by atoms with Gasteiger partial charge in [-0.05, 0) is 50.1 Å². The Balaban J connectivity index is 1.51. The predicted molar refractivity (Wildman–Crippen MR) is 77.5 cm³/mol. The molecule has 1 N–H and O–H groups in total. The molecule has 104 valence electrons. The average molecular weight is 260 g/mol. The number of likely N-dealkylation sites (tertiary alicyclic amines) is 1. The van der Waals surface area contributed by atoms with Gasteiger partial charge >= 0.3 is 0 Å². The van der Waals surface area contributed by atoms with Crippen LogP contribution in [0.1, 0.15) is 25.0 Å². The quantitative estimate of drug-likeness (QED) is 0.897. The third-order valence-corrected chi connectivity index (χ3v) is 4.27. The molecule has 0 unspecified atom stereocenters. The number of nitrogens with one attached hydrogen (secondary N) is 1. The molecular formula is C16H24N2O. The van der Waals surface area contributed by atoms with Crippen LogP contribution in [0.2, 0.25) is 0 Å². The van der Waals surface area contributed by atoms with E-state index in [0.717, 1.165) is 31.9 Å². The van der Waals surface area contributed by atoms with Crippen LogP contribution in [0.15, 0.2) is 18.2 Å². The van der Waals surface area contributed by atoms with Crippen molar-refractivity contribution in [3.63, 3.8) is 0 Å². The summed E-state index contributed by atoms with van der Waals surface area (Å²) < 4.78 is 5.96. The first kappa shape index (κ1) is 12.9. The van der Waals surface area contributed by atoms with Crippen molar-refractivity contribution in [2.24, 2.45) is 5.92 Å². The Bertz CT molecular complexity index is 438. The third-order valence-electron chi connectivity index (χ3n) is 4.27. The summed E-state index contributed by atoms with van der Waals surface area (Å²) in [6.45, 7) is 9.84. The molecule has 2 aliphatic heterocycles. The van der Waals surface area contributed by atoms with E-state index in [9.17, 15) is 0 Å². The van der Waals surface area contributed by atoms with Crippen molar-refractivity contribution in [2.75, 3.05) is 26.2 Å². The largest absolute Gasteiger partial charge is 0.493 e. The van der Waals surface area contributed by atoms with E-state index in [1.54, 1.807) is 0 Å². The molecular weight excluding hydrogens is 236 g/mol. The smallest absolute Gasteiger partial charge is 0.119 e. The van der Waals surface area contributed by atoms with Gasteiger partial charge in [0.1, 0.15) is 5.75 Å². The number of benzene rings is 1. The normalized spacial score (nSPS) is 20.2. The topological polar surface area (TPSA) is 24.5 Å². The van der Waals surface area contributed by atoms with E-state index in [4.69, 9.17) is 4.74 Å². The number of hydrogen-bond acceptors (Lipinski definition) is 3. The van der Waals surface area contributed by atoms with Gasteiger partial charge in [-0.1, -0.05) is 6.07 Å². The highest BCUT2D eigenvalue weighted by atomic mass is 16.5. The maximum Gasteiger partial charge on any atom is 0.119 e. The second-order valence-electron chi connectivity index (χ2n) is 6.08. The maximum atomic E-state index is 5.96. The standard InChI is InChI=1S/C16H24N2O/c1-12(2)18-9-13(10-18)11-19-16-4-3-15-8-17-6-5-14(15)7-16/h3-4,7,12-13,17H,5-6,8-11H2,1-2H3. The predicted octanol–water partition coefficient (Wildman–Crippen LogP) is 2.05. The maximum absolute atomic E-state index is 5.96. The van der Waals surface area contributed by atoms with Gasteiger partial charge in [0.15, 0.2) is 0 Å². The third kappa shape index (κ3) is 2.93.